The molecule has 0 bridgehead atoms. The molecule has 0 fully saturated rings. The van der Waals surface area contributed by atoms with Crippen molar-refractivity contribution in [3.63, 3.8) is 0 Å². The van der Waals surface area contributed by atoms with Crippen molar-refractivity contribution in [2.45, 2.75) is 25.2 Å². The molecule has 0 heterocycles. The van der Waals surface area contributed by atoms with Gasteiger partial charge in [0.2, 0.25) is 0 Å². The first kappa shape index (κ1) is 15.5. The number of hydrogen-bond acceptors (Lipinski definition) is 2. The van der Waals surface area contributed by atoms with Gasteiger partial charge in [0.15, 0.2) is 0 Å². The molecule has 23 heavy (non-hydrogen) atoms. The summed E-state index contributed by atoms with van der Waals surface area (Å²) in [6, 6.07) is 13.4. The van der Waals surface area contributed by atoms with Crippen LogP contribution in [0, 0.1) is 5.82 Å². The molecule has 120 valence electrons. The number of alkyl carbamates (subject to hydrolysis) is 1. The number of fused-ring (bicyclic) bond motifs is 2. The average Bonchev–Trinajstić information content (AvgIpc) is 2.71. The zero-order valence-corrected chi connectivity index (χ0v) is 13.1. The van der Waals surface area contributed by atoms with Gasteiger partial charge in [0.1, 0.15) is 5.82 Å². The van der Waals surface area contributed by atoms with Gasteiger partial charge in [-0.2, -0.15) is 0 Å². The smallest absolute Gasteiger partial charge is 0.406 e. The van der Waals surface area contributed by atoms with Crippen LogP contribution in [0.2, 0.25) is 0 Å². The fourth-order valence-corrected chi connectivity index (χ4v) is 3.31. The molecule has 1 atom stereocenters. The number of benzene rings is 2. The van der Waals surface area contributed by atoms with Crippen molar-refractivity contribution in [2.75, 3.05) is 13.7 Å². The van der Waals surface area contributed by atoms with Gasteiger partial charge < -0.3 is 10.1 Å². The lowest BCUT2D eigenvalue weighted by Gasteiger charge is -2.18. The highest BCUT2D eigenvalue weighted by molar-refractivity contribution is 5.66. The van der Waals surface area contributed by atoms with Gasteiger partial charge in [-0.1, -0.05) is 30.3 Å². The van der Waals surface area contributed by atoms with Gasteiger partial charge in [0.25, 0.3) is 0 Å². The van der Waals surface area contributed by atoms with Crippen LogP contribution in [0.3, 0.4) is 0 Å². The summed E-state index contributed by atoms with van der Waals surface area (Å²) in [5.74, 6) is 0.0625. The van der Waals surface area contributed by atoms with Gasteiger partial charge in [-0.05, 0) is 59.6 Å². The molecule has 0 saturated carbocycles. The molecule has 0 aromatic heterocycles. The van der Waals surface area contributed by atoms with Gasteiger partial charge in [0.05, 0.1) is 7.11 Å². The third kappa shape index (κ3) is 3.52. The molecule has 3 nitrogen and oxygen atoms in total. The van der Waals surface area contributed by atoms with Crippen molar-refractivity contribution in [3.8, 4) is 0 Å². The number of hydrogen-bond donors (Lipinski definition) is 1. The zero-order valence-electron chi connectivity index (χ0n) is 13.1. The fraction of sp³-hybridized carbons (Fsp3) is 0.316. The maximum atomic E-state index is 13.6. The predicted molar refractivity (Wildman–Crippen MR) is 87.1 cm³/mol. The van der Waals surface area contributed by atoms with E-state index >= 15 is 0 Å². The molecule has 0 saturated heterocycles. The van der Waals surface area contributed by atoms with Crippen molar-refractivity contribution in [2.24, 2.45) is 0 Å². The first-order valence-corrected chi connectivity index (χ1v) is 7.84. The largest absolute Gasteiger partial charge is 0.453 e. The van der Waals surface area contributed by atoms with Crippen LogP contribution in [0.1, 0.15) is 34.6 Å². The molecule has 2 aromatic rings. The highest BCUT2D eigenvalue weighted by Crippen LogP contribution is 2.34. The van der Waals surface area contributed by atoms with Gasteiger partial charge in [0, 0.05) is 6.54 Å². The second kappa shape index (κ2) is 6.82. The summed E-state index contributed by atoms with van der Waals surface area (Å²) in [7, 11) is 1.36. The quantitative estimate of drug-likeness (QED) is 0.936. The van der Waals surface area contributed by atoms with Gasteiger partial charge in [-0.15, -0.1) is 0 Å². The van der Waals surface area contributed by atoms with Crippen LogP contribution in [0.4, 0.5) is 9.18 Å². The zero-order chi connectivity index (χ0) is 16.2. The van der Waals surface area contributed by atoms with Crippen LogP contribution in [-0.4, -0.2) is 19.7 Å². The predicted octanol–water partition coefficient (Wildman–Crippen LogP) is 3.80. The molecule has 0 spiro atoms. The number of rotatable bonds is 3. The van der Waals surface area contributed by atoms with E-state index in [2.05, 4.69) is 22.2 Å². The molecule has 1 unspecified atom stereocenters. The Morgan fingerprint density at radius 1 is 1.22 bits per heavy atom. The molecule has 0 radical (unpaired) electrons. The second-order valence-corrected chi connectivity index (χ2v) is 5.90. The number of nitrogens with one attached hydrogen (secondary N) is 1. The molecule has 1 N–H and O–H groups in total. The van der Waals surface area contributed by atoms with E-state index in [9.17, 15) is 9.18 Å². The number of methoxy groups -OCH3 is 1. The summed E-state index contributed by atoms with van der Waals surface area (Å²) in [6.45, 7) is 0.538. The van der Waals surface area contributed by atoms with Crippen molar-refractivity contribution >= 4 is 6.09 Å². The Bertz CT molecular complexity index is 714. The fourth-order valence-electron chi connectivity index (χ4n) is 3.31. The van der Waals surface area contributed by atoms with Gasteiger partial charge in [-0.3, -0.25) is 0 Å². The van der Waals surface area contributed by atoms with E-state index in [-0.39, 0.29) is 11.7 Å². The van der Waals surface area contributed by atoms with Crippen LogP contribution in [0.5, 0.6) is 0 Å². The Morgan fingerprint density at radius 2 is 2.04 bits per heavy atom. The number of ether oxygens (including phenoxy) is 1. The third-order valence-electron chi connectivity index (χ3n) is 4.46. The molecule has 2 aromatic carbocycles. The van der Waals surface area contributed by atoms with E-state index in [1.54, 1.807) is 6.07 Å². The normalized spacial score (nSPS) is 16.0. The van der Waals surface area contributed by atoms with Crippen molar-refractivity contribution in [1.82, 2.24) is 5.32 Å². The van der Waals surface area contributed by atoms with E-state index in [0.717, 1.165) is 24.8 Å². The summed E-state index contributed by atoms with van der Waals surface area (Å²) in [5.41, 5.74) is 4.81. The summed E-state index contributed by atoms with van der Waals surface area (Å²) < 4.78 is 18.2. The lowest BCUT2D eigenvalue weighted by Crippen LogP contribution is -2.25. The van der Waals surface area contributed by atoms with Gasteiger partial charge >= 0.3 is 6.09 Å². The SMILES string of the molecule is COC(=O)NCCC1Cc2cc(F)ccc2Cc2ccccc21. The van der Waals surface area contributed by atoms with E-state index < -0.39 is 6.09 Å². The molecule has 0 aliphatic heterocycles. The maximum absolute atomic E-state index is 13.6. The van der Waals surface area contributed by atoms with Crippen LogP contribution < -0.4 is 5.32 Å². The minimum atomic E-state index is -0.418. The molecular weight excluding hydrogens is 293 g/mol. The molecule has 1 aliphatic rings. The molecule has 3 rings (SSSR count). The van der Waals surface area contributed by atoms with Crippen LogP contribution in [0.15, 0.2) is 42.5 Å². The van der Waals surface area contributed by atoms with Gasteiger partial charge in [-0.25, -0.2) is 9.18 Å². The third-order valence-corrected chi connectivity index (χ3v) is 4.46. The van der Waals surface area contributed by atoms with E-state index in [1.165, 1.54) is 29.9 Å². The van der Waals surface area contributed by atoms with E-state index in [4.69, 9.17) is 0 Å². The highest BCUT2D eigenvalue weighted by Gasteiger charge is 2.22. The minimum Gasteiger partial charge on any atom is -0.453 e. The topological polar surface area (TPSA) is 38.3 Å². The Morgan fingerprint density at radius 3 is 2.87 bits per heavy atom. The Balaban J connectivity index is 1.86. The van der Waals surface area contributed by atoms with E-state index in [0.29, 0.717) is 6.54 Å². The first-order valence-electron chi connectivity index (χ1n) is 7.84. The lowest BCUT2D eigenvalue weighted by atomic mass is 9.89. The van der Waals surface area contributed by atoms with E-state index in [1.807, 2.05) is 18.2 Å². The van der Waals surface area contributed by atoms with Crippen molar-refractivity contribution < 1.29 is 13.9 Å². The number of carbonyl (C=O) groups is 1. The number of halogens is 1. The molecule has 1 aliphatic carbocycles. The molecular formula is C19H20FNO2. The maximum Gasteiger partial charge on any atom is 0.406 e. The summed E-state index contributed by atoms with van der Waals surface area (Å²) >= 11 is 0. The standard InChI is InChI=1S/C19H20FNO2/c1-23-19(22)21-9-8-15-11-16-12-17(20)7-6-13(16)10-14-4-2-3-5-18(14)15/h2-7,12,15H,8-11H2,1H3,(H,21,22). The minimum absolute atomic E-state index is 0.193. The van der Waals surface area contributed by atoms with Crippen LogP contribution in [-0.2, 0) is 17.6 Å². The summed E-state index contributed by atoms with van der Waals surface area (Å²) in [6.07, 6.45) is 1.99. The Kier molecular flexibility index (Phi) is 4.60. The Labute approximate surface area is 135 Å². The average molecular weight is 313 g/mol. The summed E-state index contributed by atoms with van der Waals surface area (Å²) in [5, 5.41) is 2.73. The second-order valence-electron chi connectivity index (χ2n) is 5.90. The Hall–Kier alpha value is -2.36. The number of amides is 1. The number of carbonyl (C=O) groups excluding carboxylic acids is 1. The van der Waals surface area contributed by atoms with Crippen molar-refractivity contribution in [3.05, 3.63) is 70.5 Å². The lowest BCUT2D eigenvalue weighted by molar-refractivity contribution is 0.170. The first-order chi connectivity index (χ1) is 11.2. The molecule has 1 amide bonds. The van der Waals surface area contributed by atoms with Crippen LogP contribution in [0.25, 0.3) is 0 Å². The highest BCUT2D eigenvalue weighted by atomic mass is 19.1. The van der Waals surface area contributed by atoms with Crippen LogP contribution >= 0.6 is 0 Å². The monoisotopic (exact) mass is 313 g/mol. The summed E-state index contributed by atoms with van der Waals surface area (Å²) in [4.78, 5) is 11.2. The van der Waals surface area contributed by atoms with Crippen molar-refractivity contribution in [1.29, 1.82) is 0 Å². The molecule has 4 heteroatoms.